The minimum absolute atomic E-state index is 0.363. The molecule has 1 atom stereocenters. The van der Waals surface area contributed by atoms with Gasteiger partial charge in [-0.05, 0) is 36.6 Å². The Bertz CT molecular complexity index is 653. The van der Waals surface area contributed by atoms with Crippen molar-refractivity contribution in [2.24, 2.45) is 0 Å². The Morgan fingerprint density at radius 3 is 2.29 bits per heavy atom. The van der Waals surface area contributed by atoms with E-state index in [9.17, 15) is 5.11 Å². The van der Waals surface area contributed by atoms with Crippen LogP contribution in [0.3, 0.4) is 0 Å². The predicted molar refractivity (Wildman–Crippen MR) is 84.5 cm³/mol. The number of aliphatic hydroxyl groups excluding tert-OH is 1. The summed E-state index contributed by atoms with van der Waals surface area (Å²) in [6.45, 7) is 4.05. The Labute approximate surface area is 130 Å². The molecule has 1 N–H and O–H groups in total. The molecule has 0 aliphatic carbocycles. The molecular weight excluding hydrogens is 288 g/mol. The Hall–Kier alpha value is -1.71. The number of hydrogen-bond donors (Lipinski definition) is 1. The summed E-state index contributed by atoms with van der Waals surface area (Å²) in [6, 6.07) is 9.35. The number of halogens is 1. The van der Waals surface area contributed by atoms with Crippen LogP contribution in [0.2, 0.25) is 5.02 Å². The van der Waals surface area contributed by atoms with Crippen molar-refractivity contribution in [1.29, 1.82) is 0 Å². The molecule has 2 aromatic carbocycles. The molecule has 3 nitrogen and oxygen atoms in total. The monoisotopic (exact) mass is 306 g/mol. The highest BCUT2D eigenvalue weighted by molar-refractivity contribution is 6.33. The van der Waals surface area contributed by atoms with Gasteiger partial charge in [-0.1, -0.05) is 35.9 Å². The summed E-state index contributed by atoms with van der Waals surface area (Å²) >= 11 is 6.34. The van der Waals surface area contributed by atoms with Crippen LogP contribution in [0.25, 0.3) is 0 Å². The summed E-state index contributed by atoms with van der Waals surface area (Å²) in [6.07, 6.45) is -0.809. The molecule has 0 amide bonds. The van der Waals surface area contributed by atoms with Crippen LogP contribution in [-0.2, 0) is 0 Å². The summed E-state index contributed by atoms with van der Waals surface area (Å²) in [5.41, 5.74) is 3.71. The predicted octanol–water partition coefficient (Wildman–Crippen LogP) is 4.06. The van der Waals surface area contributed by atoms with E-state index in [1.807, 2.05) is 32.0 Å². The molecule has 0 heterocycles. The van der Waals surface area contributed by atoms with Gasteiger partial charge < -0.3 is 14.6 Å². The topological polar surface area (TPSA) is 38.7 Å². The van der Waals surface area contributed by atoms with Crippen molar-refractivity contribution < 1.29 is 14.6 Å². The number of aliphatic hydroxyl groups is 1. The van der Waals surface area contributed by atoms with Crippen molar-refractivity contribution in [2.75, 3.05) is 14.2 Å². The maximum atomic E-state index is 10.6. The van der Waals surface area contributed by atoms with Gasteiger partial charge in [0.1, 0.15) is 6.10 Å². The van der Waals surface area contributed by atoms with Crippen LogP contribution in [-0.4, -0.2) is 19.3 Å². The third-order valence-electron chi connectivity index (χ3n) is 3.66. The highest BCUT2D eigenvalue weighted by atomic mass is 35.5. The molecule has 2 rings (SSSR count). The van der Waals surface area contributed by atoms with Crippen molar-refractivity contribution in [1.82, 2.24) is 0 Å². The first-order chi connectivity index (χ1) is 9.99. The van der Waals surface area contributed by atoms with Gasteiger partial charge >= 0.3 is 0 Å². The zero-order chi connectivity index (χ0) is 15.6. The fourth-order valence-corrected chi connectivity index (χ4v) is 2.57. The average molecular weight is 307 g/mol. The molecular formula is C17H19ClO3. The number of methoxy groups -OCH3 is 2. The van der Waals surface area contributed by atoms with Crippen molar-refractivity contribution >= 4 is 11.6 Å². The van der Waals surface area contributed by atoms with Gasteiger partial charge in [0.15, 0.2) is 11.5 Å². The molecule has 0 spiro atoms. The van der Waals surface area contributed by atoms with Crippen LogP contribution >= 0.6 is 11.6 Å². The lowest BCUT2D eigenvalue weighted by Crippen LogP contribution is -2.03. The zero-order valence-corrected chi connectivity index (χ0v) is 13.4. The molecule has 0 saturated carbocycles. The minimum atomic E-state index is -0.809. The Kier molecular flexibility index (Phi) is 4.76. The molecule has 112 valence electrons. The molecule has 0 bridgehead atoms. The minimum Gasteiger partial charge on any atom is -0.493 e. The van der Waals surface area contributed by atoms with E-state index < -0.39 is 6.10 Å². The Morgan fingerprint density at radius 2 is 1.71 bits per heavy atom. The fourth-order valence-electron chi connectivity index (χ4n) is 2.23. The van der Waals surface area contributed by atoms with Gasteiger partial charge in [-0.2, -0.15) is 0 Å². The highest BCUT2D eigenvalue weighted by Gasteiger charge is 2.20. The maximum Gasteiger partial charge on any atom is 0.179 e. The van der Waals surface area contributed by atoms with Crippen LogP contribution in [0.4, 0.5) is 0 Å². The summed E-state index contributed by atoms with van der Waals surface area (Å²) < 4.78 is 10.5. The number of ether oxygens (including phenoxy) is 2. The van der Waals surface area contributed by atoms with Crippen LogP contribution in [0.5, 0.6) is 11.5 Å². The Balaban J connectivity index is 2.48. The van der Waals surface area contributed by atoms with Gasteiger partial charge in [0.05, 0.1) is 19.2 Å². The van der Waals surface area contributed by atoms with Crippen molar-refractivity contribution in [3.63, 3.8) is 0 Å². The zero-order valence-electron chi connectivity index (χ0n) is 12.6. The number of hydrogen-bond acceptors (Lipinski definition) is 3. The lowest BCUT2D eigenvalue weighted by molar-refractivity contribution is 0.219. The van der Waals surface area contributed by atoms with Crippen molar-refractivity contribution in [3.8, 4) is 11.5 Å². The molecule has 2 aromatic rings. The number of aryl methyl sites for hydroxylation is 2. The third-order valence-corrected chi connectivity index (χ3v) is 4.05. The first-order valence-corrected chi connectivity index (χ1v) is 7.03. The first kappa shape index (κ1) is 15.7. The van der Waals surface area contributed by atoms with E-state index in [1.54, 1.807) is 19.2 Å². The molecule has 0 radical (unpaired) electrons. The standard InChI is InChI=1S/C17H19ClO3/c1-10-5-6-12(9-11(10)2)16(19)13-7-8-14(20-3)17(21-4)15(13)18/h5-9,16,19H,1-4H3. The molecule has 0 fully saturated rings. The summed E-state index contributed by atoms with van der Waals surface area (Å²) in [5.74, 6) is 0.970. The number of benzene rings is 2. The van der Waals surface area contributed by atoms with Crippen LogP contribution < -0.4 is 9.47 Å². The largest absolute Gasteiger partial charge is 0.493 e. The van der Waals surface area contributed by atoms with Gasteiger partial charge in [-0.15, -0.1) is 0 Å². The van der Waals surface area contributed by atoms with Crippen LogP contribution in [0, 0.1) is 13.8 Å². The second-order valence-corrected chi connectivity index (χ2v) is 5.33. The van der Waals surface area contributed by atoms with Crippen molar-refractivity contribution in [3.05, 3.63) is 57.6 Å². The fraction of sp³-hybridized carbons (Fsp3) is 0.294. The van der Waals surface area contributed by atoms with E-state index in [2.05, 4.69) is 0 Å². The van der Waals surface area contributed by atoms with Crippen molar-refractivity contribution in [2.45, 2.75) is 20.0 Å². The summed E-state index contributed by atoms with van der Waals surface area (Å²) in [7, 11) is 3.07. The smallest absolute Gasteiger partial charge is 0.179 e. The Morgan fingerprint density at radius 1 is 1.00 bits per heavy atom. The summed E-state index contributed by atoms with van der Waals surface area (Å²) in [4.78, 5) is 0. The normalized spacial score (nSPS) is 12.1. The third kappa shape index (κ3) is 2.99. The first-order valence-electron chi connectivity index (χ1n) is 6.65. The van der Waals surface area contributed by atoms with E-state index in [0.29, 0.717) is 22.1 Å². The quantitative estimate of drug-likeness (QED) is 0.926. The molecule has 0 aromatic heterocycles. The summed E-state index contributed by atoms with van der Waals surface area (Å²) in [5, 5.41) is 11.0. The van der Waals surface area contributed by atoms with Gasteiger partial charge in [-0.3, -0.25) is 0 Å². The lowest BCUT2D eigenvalue weighted by atomic mass is 9.97. The molecule has 0 aliphatic heterocycles. The molecule has 1 unspecified atom stereocenters. The maximum absolute atomic E-state index is 10.6. The van der Waals surface area contributed by atoms with Gasteiger partial charge in [0.25, 0.3) is 0 Å². The van der Waals surface area contributed by atoms with Gasteiger partial charge in [-0.25, -0.2) is 0 Å². The molecule has 0 aliphatic rings. The van der Waals surface area contributed by atoms with E-state index in [4.69, 9.17) is 21.1 Å². The second kappa shape index (κ2) is 6.37. The van der Waals surface area contributed by atoms with Gasteiger partial charge in [0.2, 0.25) is 0 Å². The molecule has 0 saturated heterocycles. The second-order valence-electron chi connectivity index (χ2n) is 4.95. The molecule has 4 heteroatoms. The van der Waals surface area contributed by atoms with Crippen LogP contribution in [0.1, 0.15) is 28.4 Å². The molecule has 21 heavy (non-hydrogen) atoms. The van der Waals surface area contributed by atoms with E-state index in [1.165, 1.54) is 12.7 Å². The van der Waals surface area contributed by atoms with Gasteiger partial charge in [0, 0.05) is 5.56 Å². The van der Waals surface area contributed by atoms with E-state index >= 15 is 0 Å². The van der Waals surface area contributed by atoms with E-state index in [-0.39, 0.29) is 0 Å². The lowest BCUT2D eigenvalue weighted by Gasteiger charge is -2.18. The van der Waals surface area contributed by atoms with E-state index in [0.717, 1.165) is 11.1 Å². The SMILES string of the molecule is COc1ccc(C(O)c2ccc(C)c(C)c2)c(Cl)c1OC. The highest BCUT2D eigenvalue weighted by Crippen LogP contribution is 2.41. The number of rotatable bonds is 4. The average Bonchev–Trinajstić information content (AvgIpc) is 2.48. The van der Waals surface area contributed by atoms with Crippen LogP contribution in [0.15, 0.2) is 30.3 Å².